The number of likely N-dealkylation sites (tertiary alicyclic amines) is 2. The predicted molar refractivity (Wildman–Crippen MR) is 159 cm³/mol. The van der Waals surface area contributed by atoms with Gasteiger partial charge in [-0.05, 0) is 52.0 Å². The lowest BCUT2D eigenvalue weighted by atomic mass is 10.0. The predicted octanol–water partition coefficient (Wildman–Crippen LogP) is -1.28. The molecule has 0 spiro atoms. The van der Waals surface area contributed by atoms with Gasteiger partial charge in [0.1, 0.15) is 36.3 Å². The molecule has 0 radical (unpaired) electrons. The normalized spacial score (nSPS) is 20.5. The molecule has 14 nitrogen and oxygen atoms in total. The standard InChI is InChI=1S/C30H43N7O7/c1-17(25(31)39)32-26(40)18(2)33-27(41)22(16-21-10-6-5-7-11-21)35-29(43)24-13-9-15-37(24)30(44)19(3)34-28(42)23-12-8-14-36(23)20(4)38/h5-7,10-11,17-19,22-24H,8-9,12-16H2,1-4H3,(H2,31,39)(H,32,40)(H,33,41)(H,34,42)(H,35,43)/t17-,18-,19-,22-,23-,24-/m0/s1. The van der Waals surface area contributed by atoms with Crippen LogP contribution in [0.15, 0.2) is 30.3 Å². The van der Waals surface area contributed by atoms with Gasteiger partial charge < -0.3 is 36.8 Å². The Morgan fingerprint density at radius 3 is 1.89 bits per heavy atom. The molecule has 3 rings (SSSR count). The Bertz CT molecular complexity index is 1260. The van der Waals surface area contributed by atoms with Gasteiger partial charge in [0, 0.05) is 26.4 Å². The molecule has 0 aliphatic carbocycles. The number of nitrogens with one attached hydrogen (secondary N) is 4. The maximum atomic E-state index is 13.5. The Balaban J connectivity index is 1.68. The molecule has 0 saturated carbocycles. The summed E-state index contributed by atoms with van der Waals surface area (Å²) < 4.78 is 0. The molecular formula is C30H43N7O7. The zero-order valence-electron chi connectivity index (χ0n) is 25.6. The summed E-state index contributed by atoms with van der Waals surface area (Å²) in [6, 6.07) is 3.50. The van der Waals surface area contributed by atoms with Gasteiger partial charge >= 0.3 is 0 Å². The van der Waals surface area contributed by atoms with Gasteiger partial charge in [0.15, 0.2) is 0 Å². The van der Waals surface area contributed by atoms with Gasteiger partial charge in [-0.2, -0.15) is 0 Å². The molecule has 2 saturated heterocycles. The summed E-state index contributed by atoms with van der Waals surface area (Å²) in [5.74, 6) is -3.58. The number of hydrogen-bond donors (Lipinski definition) is 5. The minimum absolute atomic E-state index is 0.117. The molecule has 2 aliphatic rings. The second-order valence-corrected chi connectivity index (χ2v) is 11.4. The third-order valence-electron chi connectivity index (χ3n) is 7.98. The lowest BCUT2D eigenvalue weighted by Gasteiger charge is -2.30. The average Bonchev–Trinajstić information content (AvgIpc) is 3.67. The van der Waals surface area contributed by atoms with Gasteiger partial charge in [-0.25, -0.2) is 0 Å². The molecule has 2 aliphatic heterocycles. The molecule has 2 heterocycles. The first kappa shape index (κ1) is 34.0. The van der Waals surface area contributed by atoms with E-state index in [9.17, 15) is 33.6 Å². The van der Waals surface area contributed by atoms with Crippen molar-refractivity contribution in [3.63, 3.8) is 0 Å². The van der Waals surface area contributed by atoms with E-state index in [1.807, 2.05) is 6.07 Å². The Morgan fingerprint density at radius 1 is 0.750 bits per heavy atom. The van der Waals surface area contributed by atoms with Crippen molar-refractivity contribution in [1.82, 2.24) is 31.1 Å². The zero-order chi connectivity index (χ0) is 32.6. The van der Waals surface area contributed by atoms with Crippen LogP contribution < -0.4 is 27.0 Å². The van der Waals surface area contributed by atoms with Crippen LogP contribution in [0.3, 0.4) is 0 Å². The fourth-order valence-corrected chi connectivity index (χ4v) is 5.46. The van der Waals surface area contributed by atoms with Crippen molar-refractivity contribution in [3.8, 4) is 0 Å². The summed E-state index contributed by atoms with van der Waals surface area (Å²) in [7, 11) is 0. The van der Waals surface area contributed by atoms with Crippen LogP contribution in [-0.4, -0.2) is 100 Å². The molecule has 0 bridgehead atoms. The Kier molecular flexibility index (Phi) is 11.8. The first-order chi connectivity index (χ1) is 20.8. The lowest BCUT2D eigenvalue weighted by Crippen LogP contribution is -2.58. The molecule has 7 amide bonds. The molecule has 6 N–H and O–H groups in total. The van der Waals surface area contributed by atoms with Gasteiger partial charge in [-0.1, -0.05) is 30.3 Å². The van der Waals surface area contributed by atoms with E-state index in [-0.39, 0.29) is 12.3 Å². The van der Waals surface area contributed by atoms with Crippen molar-refractivity contribution >= 4 is 41.4 Å². The van der Waals surface area contributed by atoms with Crippen LogP contribution in [0, 0.1) is 0 Å². The fraction of sp³-hybridized carbons (Fsp3) is 0.567. The van der Waals surface area contributed by atoms with Crippen molar-refractivity contribution in [2.24, 2.45) is 5.73 Å². The SMILES string of the molecule is CC(=O)N1CCC[C@H]1C(=O)N[C@@H](C)C(=O)N1CCC[C@H]1C(=O)N[C@@H](Cc1ccccc1)C(=O)N[C@@H](C)C(=O)N[C@@H](C)C(N)=O. The van der Waals surface area contributed by atoms with Gasteiger partial charge in [-0.15, -0.1) is 0 Å². The number of primary amides is 1. The van der Waals surface area contributed by atoms with Crippen molar-refractivity contribution < 1.29 is 33.6 Å². The number of nitrogens with zero attached hydrogens (tertiary/aromatic N) is 2. The van der Waals surface area contributed by atoms with Crippen LogP contribution in [0.1, 0.15) is 58.9 Å². The third-order valence-corrected chi connectivity index (χ3v) is 7.98. The minimum atomic E-state index is -1.08. The molecule has 240 valence electrons. The molecule has 44 heavy (non-hydrogen) atoms. The highest BCUT2D eigenvalue weighted by Crippen LogP contribution is 2.21. The summed E-state index contributed by atoms with van der Waals surface area (Å²) in [4.78, 5) is 91.7. The largest absolute Gasteiger partial charge is 0.368 e. The zero-order valence-corrected chi connectivity index (χ0v) is 25.6. The highest BCUT2D eigenvalue weighted by atomic mass is 16.2. The van der Waals surface area contributed by atoms with Crippen LogP contribution in [0.5, 0.6) is 0 Å². The number of hydrogen-bond acceptors (Lipinski definition) is 7. The Hall–Kier alpha value is -4.49. The molecule has 1 aromatic carbocycles. The molecule has 6 atom stereocenters. The second kappa shape index (κ2) is 15.3. The molecule has 0 unspecified atom stereocenters. The van der Waals surface area contributed by atoms with Gasteiger partial charge in [0.05, 0.1) is 0 Å². The van der Waals surface area contributed by atoms with Crippen molar-refractivity contribution in [2.75, 3.05) is 13.1 Å². The number of carbonyl (C=O) groups is 7. The van der Waals surface area contributed by atoms with E-state index in [0.29, 0.717) is 38.8 Å². The Morgan fingerprint density at radius 2 is 1.30 bits per heavy atom. The summed E-state index contributed by atoms with van der Waals surface area (Å²) in [5, 5.41) is 10.5. The smallest absolute Gasteiger partial charge is 0.245 e. The van der Waals surface area contributed by atoms with Gasteiger partial charge in [-0.3, -0.25) is 33.6 Å². The highest BCUT2D eigenvalue weighted by molar-refractivity contribution is 5.97. The van der Waals surface area contributed by atoms with E-state index in [4.69, 9.17) is 5.73 Å². The second-order valence-electron chi connectivity index (χ2n) is 11.4. The maximum Gasteiger partial charge on any atom is 0.245 e. The van der Waals surface area contributed by atoms with Gasteiger partial charge in [0.2, 0.25) is 41.4 Å². The van der Waals surface area contributed by atoms with Crippen molar-refractivity contribution in [1.29, 1.82) is 0 Å². The first-order valence-electron chi connectivity index (χ1n) is 14.9. The van der Waals surface area contributed by atoms with E-state index in [0.717, 1.165) is 5.56 Å². The number of carbonyl (C=O) groups excluding carboxylic acids is 7. The first-order valence-corrected chi connectivity index (χ1v) is 14.9. The maximum absolute atomic E-state index is 13.5. The average molecular weight is 614 g/mol. The summed E-state index contributed by atoms with van der Waals surface area (Å²) in [6.45, 7) is 6.58. The summed E-state index contributed by atoms with van der Waals surface area (Å²) in [5.41, 5.74) is 5.96. The lowest BCUT2D eigenvalue weighted by molar-refractivity contribution is -0.143. The van der Waals surface area contributed by atoms with Crippen molar-refractivity contribution in [3.05, 3.63) is 35.9 Å². The molecule has 0 aromatic heterocycles. The van der Waals surface area contributed by atoms with E-state index in [1.54, 1.807) is 24.3 Å². The molecule has 2 fully saturated rings. The number of nitrogens with two attached hydrogens (primary N) is 1. The van der Waals surface area contributed by atoms with Crippen LogP contribution >= 0.6 is 0 Å². The number of amides is 7. The summed E-state index contributed by atoms with van der Waals surface area (Å²) >= 11 is 0. The van der Waals surface area contributed by atoms with E-state index < -0.39 is 71.7 Å². The summed E-state index contributed by atoms with van der Waals surface area (Å²) in [6.07, 6.45) is 2.24. The van der Waals surface area contributed by atoms with E-state index in [2.05, 4.69) is 21.3 Å². The number of benzene rings is 1. The van der Waals surface area contributed by atoms with Crippen LogP contribution in [-0.2, 0) is 40.0 Å². The molecular weight excluding hydrogens is 570 g/mol. The van der Waals surface area contributed by atoms with Crippen LogP contribution in [0.4, 0.5) is 0 Å². The monoisotopic (exact) mass is 613 g/mol. The van der Waals surface area contributed by atoms with Crippen LogP contribution in [0.25, 0.3) is 0 Å². The molecule has 14 heteroatoms. The van der Waals surface area contributed by atoms with E-state index in [1.165, 1.54) is 37.5 Å². The number of rotatable bonds is 12. The fourth-order valence-electron chi connectivity index (χ4n) is 5.46. The van der Waals surface area contributed by atoms with Crippen LogP contribution in [0.2, 0.25) is 0 Å². The third kappa shape index (κ3) is 8.77. The van der Waals surface area contributed by atoms with E-state index >= 15 is 0 Å². The quantitative estimate of drug-likeness (QED) is 0.193. The van der Waals surface area contributed by atoms with Gasteiger partial charge in [0.25, 0.3) is 0 Å². The molecule has 1 aromatic rings. The highest BCUT2D eigenvalue weighted by Gasteiger charge is 2.39. The topological polar surface area (TPSA) is 200 Å². The van der Waals surface area contributed by atoms with Crippen molar-refractivity contribution in [2.45, 2.75) is 96.1 Å². The minimum Gasteiger partial charge on any atom is -0.368 e. The Labute approximate surface area is 256 Å².